The van der Waals surface area contributed by atoms with Gasteiger partial charge < -0.3 is 43.2 Å². The summed E-state index contributed by atoms with van der Waals surface area (Å²) in [7, 11) is 0. The first kappa shape index (κ1) is 40.5. The molecule has 11 nitrogen and oxygen atoms in total. The monoisotopic (exact) mass is 607 g/mol. The Morgan fingerprint density at radius 3 is 1.33 bits per heavy atom. The van der Waals surface area contributed by atoms with Gasteiger partial charge in [0.25, 0.3) is 0 Å². The highest BCUT2D eigenvalue weighted by molar-refractivity contribution is 5.69. The number of amides is 1. The summed E-state index contributed by atoms with van der Waals surface area (Å²) in [5, 5.41) is 2.63. The van der Waals surface area contributed by atoms with Crippen LogP contribution in [0.2, 0.25) is 0 Å². The Bertz CT molecular complexity index is 601. The predicted octanol–water partition coefficient (Wildman–Crippen LogP) is 5.07. The molecule has 0 rings (SSSR count). The Labute approximate surface area is 254 Å². The van der Waals surface area contributed by atoms with E-state index in [1.54, 1.807) is 0 Å². The summed E-state index contributed by atoms with van der Waals surface area (Å²) in [5.41, 5.74) is -0.509. The molecule has 0 aromatic heterocycles. The Balaban J connectivity index is 3.18. The molecule has 11 heteroatoms. The van der Waals surface area contributed by atoms with E-state index in [0.717, 1.165) is 12.8 Å². The van der Waals surface area contributed by atoms with E-state index in [1.807, 2.05) is 20.8 Å². The Hall–Kier alpha value is -1.50. The van der Waals surface area contributed by atoms with E-state index in [-0.39, 0.29) is 12.6 Å². The van der Waals surface area contributed by atoms with E-state index < -0.39 is 11.7 Å². The van der Waals surface area contributed by atoms with Gasteiger partial charge in [0.2, 0.25) is 0 Å². The highest BCUT2D eigenvalue weighted by Gasteiger charge is 2.15. The van der Waals surface area contributed by atoms with E-state index in [2.05, 4.69) is 12.2 Å². The van der Waals surface area contributed by atoms with Gasteiger partial charge in [-0.25, -0.2) is 4.79 Å². The van der Waals surface area contributed by atoms with E-state index in [9.17, 15) is 9.59 Å². The SMILES string of the molecule is CCCCCCCCCCCC(=O)OCCOCCOCCOCCOCCOCCOCCNC(=O)OC(C)(C)C. The van der Waals surface area contributed by atoms with Crippen LogP contribution in [-0.2, 0) is 42.7 Å². The third-order valence-corrected chi connectivity index (χ3v) is 5.75. The first-order chi connectivity index (χ1) is 20.3. The molecule has 0 fully saturated rings. The molecule has 0 radical (unpaired) electrons. The van der Waals surface area contributed by atoms with Crippen LogP contribution in [0.1, 0.15) is 91.9 Å². The quantitative estimate of drug-likeness (QED) is 0.0844. The van der Waals surface area contributed by atoms with Crippen LogP contribution in [0, 0.1) is 0 Å². The second-order valence-corrected chi connectivity index (χ2v) is 10.9. The molecule has 0 atom stereocenters. The maximum Gasteiger partial charge on any atom is 0.407 e. The van der Waals surface area contributed by atoms with Crippen molar-refractivity contribution in [2.75, 3.05) is 92.4 Å². The normalized spacial score (nSPS) is 11.5. The lowest BCUT2D eigenvalue weighted by Gasteiger charge is -2.19. The molecule has 0 unspecified atom stereocenters. The number of alkyl carbamates (subject to hydrolysis) is 1. The van der Waals surface area contributed by atoms with Crippen molar-refractivity contribution in [3.8, 4) is 0 Å². The lowest BCUT2D eigenvalue weighted by molar-refractivity contribution is -0.145. The molecule has 0 spiro atoms. The number of nitrogens with one attached hydrogen (secondary N) is 1. The highest BCUT2D eigenvalue weighted by Crippen LogP contribution is 2.10. The number of carbonyl (C=O) groups excluding carboxylic acids is 2. The van der Waals surface area contributed by atoms with Crippen molar-refractivity contribution < 1.29 is 47.5 Å². The molecule has 0 aromatic rings. The van der Waals surface area contributed by atoms with Crippen molar-refractivity contribution in [1.82, 2.24) is 5.32 Å². The number of rotatable bonds is 31. The van der Waals surface area contributed by atoms with Crippen molar-refractivity contribution in [2.24, 2.45) is 0 Å². The minimum absolute atomic E-state index is 0.140. The minimum Gasteiger partial charge on any atom is -0.463 e. The van der Waals surface area contributed by atoms with E-state index in [4.69, 9.17) is 37.9 Å². The van der Waals surface area contributed by atoms with Crippen molar-refractivity contribution in [3.05, 3.63) is 0 Å². The molecule has 1 amide bonds. The van der Waals surface area contributed by atoms with E-state index in [1.165, 1.54) is 44.9 Å². The van der Waals surface area contributed by atoms with Gasteiger partial charge in [-0.15, -0.1) is 0 Å². The largest absolute Gasteiger partial charge is 0.463 e. The molecule has 0 aliphatic rings. The minimum atomic E-state index is -0.509. The van der Waals surface area contributed by atoms with Gasteiger partial charge in [-0.3, -0.25) is 4.79 Å². The summed E-state index contributed by atoms with van der Waals surface area (Å²) in [6.07, 6.45) is 11.1. The Morgan fingerprint density at radius 1 is 0.524 bits per heavy atom. The third-order valence-electron chi connectivity index (χ3n) is 5.75. The lowest BCUT2D eigenvalue weighted by Crippen LogP contribution is -2.34. The van der Waals surface area contributed by atoms with E-state index >= 15 is 0 Å². The van der Waals surface area contributed by atoms with Crippen LogP contribution in [0.4, 0.5) is 4.79 Å². The molecule has 0 aromatic carbocycles. The zero-order chi connectivity index (χ0) is 31.0. The third kappa shape index (κ3) is 34.7. The molecule has 0 bridgehead atoms. The Morgan fingerprint density at radius 2 is 0.905 bits per heavy atom. The van der Waals surface area contributed by atoms with Gasteiger partial charge in [-0.2, -0.15) is 0 Å². The van der Waals surface area contributed by atoms with Gasteiger partial charge in [0.15, 0.2) is 0 Å². The second kappa shape index (κ2) is 30.9. The summed E-state index contributed by atoms with van der Waals surface area (Å²) < 4.78 is 42.9. The second-order valence-electron chi connectivity index (χ2n) is 10.9. The molecule has 0 aliphatic carbocycles. The van der Waals surface area contributed by atoms with Gasteiger partial charge in [-0.05, 0) is 27.2 Å². The van der Waals surface area contributed by atoms with Gasteiger partial charge in [0.1, 0.15) is 12.2 Å². The maximum atomic E-state index is 11.7. The average molecular weight is 608 g/mol. The van der Waals surface area contributed by atoms with Crippen molar-refractivity contribution in [2.45, 2.75) is 97.5 Å². The van der Waals surface area contributed by atoms with Crippen LogP contribution in [0.25, 0.3) is 0 Å². The van der Waals surface area contributed by atoms with E-state index in [0.29, 0.717) is 92.2 Å². The highest BCUT2D eigenvalue weighted by atomic mass is 16.6. The number of ether oxygens (including phenoxy) is 8. The molecule has 0 saturated heterocycles. The average Bonchev–Trinajstić information content (AvgIpc) is 2.94. The first-order valence-corrected chi connectivity index (χ1v) is 15.9. The Kier molecular flexibility index (Phi) is 29.8. The topological polar surface area (TPSA) is 120 Å². The smallest absolute Gasteiger partial charge is 0.407 e. The van der Waals surface area contributed by atoms with Crippen LogP contribution in [0.3, 0.4) is 0 Å². The molecule has 1 N–H and O–H groups in total. The van der Waals surface area contributed by atoms with Crippen LogP contribution in [-0.4, -0.2) is 110 Å². The van der Waals surface area contributed by atoms with Gasteiger partial charge in [0.05, 0.1) is 79.3 Å². The van der Waals surface area contributed by atoms with Crippen LogP contribution >= 0.6 is 0 Å². The van der Waals surface area contributed by atoms with Gasteiger partial charge >= 0.3 is 12.1 Å². The van der Waals surface area contributed by atoms with Crippen molar-refractivity contribution >= 4 is 12.1 Å². The molecule has 0 saturated carbocycles. The molecular weight excluding hydrogens is 546 g/mol. The molecule has 0 heterocycles. The molecular formula is C31H61NO10. The van der Waals surface area contributed by atoms with Crippen LogP contribution in [0.5, 0.6) is 0 Å². The summed E-state index contributed by atoms with van der Waals surface area (Å²) in [5.74, 6) is -0.140. The molecule has 42 heavy (non-hydrogen) atoms. The fourth-order valence-corrected chi connectivity index (χ4v) is 3.61. The maximum absolute atomic E-state index is 11.7. The summed E-state index contributed by atoms with van der Waals surface area (Å²) in [6.45, 7) is 13.8. The van der Waals surface area contributed by atoms with Crippen LogP contribution in [0.15, 0.2) is 0 Å². The van der Waals surface area contributed by atoms with Crippen molar-refractivity contribution in [3.63, 3.8) is 0 Å². The number of hydrogen-bond acceptors (Lipinski definition) is 10. The summed E-state index contributed by atoms with van der Waals surface area (Å²) >= 11 is 0. The fraction of sp³-hybridized carbons (Fsp3) is 0.935. The van der Waals surface area contributed by atoms with Crippen LogP contribution < -0.4 is 5.32 Å². The zero-order valence-corrected chi connectivity index (χ0v) is 27.1. The lowest BCUT2D eigenvalue weighted by atomic mass is 10.1. The van der Waals surface area contributed by atoms with Gasteiger partial charge in [-0.1, -0.05) is 58.3 Å². The molecule has 250 valence electrons. The molecule has 0 aliphatic heterocycles. The van der Waals surface area contributed by atoms with Gasteiger partial charge in [0, 0.05) is 13.0 Å². The fourth-order valence-electron chi connectivity index (χ4n) is 3.61. The summed E-state index contributed by atoms with van der Waals surface area (Å²) in [4.78, 5) is 23.2. The number of unbranched alkanes of at least 4 members (excludes halogenated alkanes) is 8. The zero-order valence-electron chi connectivity index (χ0n) is 27.1. The predicted molar refractivity (Wildman–Crippen MR) is 162 cm³/mol. The standard InChI is InChI=1S/C31H61NO10/c1-5-6-7-8-9-10-11-12-13-14-29(33)41-28-27-40-26-25-39-24-23-38-22-21-37-20-19-36-18-17-35-16-15-32-30(34)42-31(2,3)4/h5-28H2,1-4H3,(H,32,34). The number of hydrogen-bond donors (Lipinski definition) is 1. The first-order valence-electron chi connectivity index (χ1n) is 15.9. The van der Waals surface area contributed by atoms with Crippen molar-refractivity contribution in [1.29, 1.82) is 0 Å². The number of carbonyl (C=O) groups is 2. The summed E-state index contributed by atoms with van der Waals surface area (Å²) in [6, 6.07) is 0. The number of esters is 1.